The van der Waals surface area contributed by atoms with Crippen LogP contribution in [0.3, 0.4) is 0 Å². The van der Waals surface area contributed by atoms with Crippen molar-refractivity contribution in [3.05, 3.63) is 34.3 Å². The standard InChI is InChI=1S/C17H27BrN2O/c1-3-20-12-8-16(9-13-20)19(2)11-10-17(21)14-4-6-15(18)7-5-14/h4-7,16-17,21H,3,8-13H2,1-2H3. The first-order valence-corrected chi connectivity index (χ1v) is 8.75. The summed E-state index contributed by atoms with van der Waals surface area (Å²) in [7, 11) is 2.20. The fourth-order valence-electron chi connectivity index (χ4n) is 3.04. The number of likely N-dealkylation sites (tertiary alicyclic amines) is 1. The van der Waals surface area contributed by atoms with Crippen LogP contribution in [0.2, 0.25) is 0 Å². The number of rotatable bonds is 6. The van der Waals surface area contributed by atoms with Gasteiger partial charge in [-0.05, 0) is 63.6 Å². The van der Waals surface area contributed by atoms with Gasteiger partial charge in [0.2, 0.25) is 0 Å². The van der Waals surface area contributed by atoms with Crippen LogP contribution in [0.1, 0.15) is 37.9 Å². The molecule has 1 atom stereocenters. The molecule has 1 N–H and O–H groups in total. The third-order valence-corrected chi connectivity index (χ3v) is 5.17. The molecule has 1 saturated heterocycles. The summed E-state index contributed by atoms with van der Waals surface area (Å²) in [5.74, 6) is 0. The van der Waals surface area contributed by atoms with Gasteiger partial charge < -0.3 is 14.9 Å². The molecule has 0 saturated carbocycles. The third-order valence-electron chi connectivity index (χ3n) is 4.64. The van der Waals surface area contributed by atoms with Gasteiger partial charge in [-0.3, -0.25) is 0 Å². The van der Waals surface area contributed by atoms with Gasteiger partial charge in [-0.1, -0.05) is 35.0 Å². The van der Waals surface area contributed by atoms with Crippen molar-refractivity contribution in [3.8, 4) is 0 Å². The Kier molecular flexibility index (Phi) is 6.68. The number of hydrogen-bond acceptors (Lipinski definition) is 3. The van der Waals surface area contributed by atoms with E-state index in [1.807, 2.05) is 24.3 Å². The van der Waals surface area contributed by atoms with Crippen molar-refractivity contribution in [2.75, 3.05) is 33.2 Å². The van der Waals surface area contributed by atoms with Crippen molar-refractivity contribution in [1.82, 2.24) is 9.80 Å². The summed E-state index contributed by atoms with van der Waals surface area (Å²) in [6.45, 7) is 6.77. The minimum Gasteiger partial charge on any atom is -0.388 e. The van der Waals surface area contributed by atoms with E-state index in [0.29, 0.717) is 6.04 Å². The molecule has 1 aromatic rings. The van der Waals surface area contributed by atoms with Gasteiger partial charge in [0.05, 0.1) is 6.10 Å². The molecular formula is C17H27BrN2O. The molecule has 3 nitrogen and oxygen atoms in total. The van der Waals surface area contributed by atoms with Gasteiger partial charge >= 0.3 is 0 Å². The number of benzene rings is 1. The van der Waals surface area contributed by atoms with Crippen LogP contribution in [0, 0.1) is 0 Å². The topological polar surface area (TPSA) is 26.7 Å². The zero-order chi connectivity index (χ0) is 15.2. The van der Waals surface area contributed by atoms with Crippen LogP contribution in [0.5, 0.6) is 0 Å². The highest BCUT2D eigenvalue weighted by Crippen LogP contribution is 2.21. The lowest BCUT2D eigenvalue weighted by atomic mass is 10.0. The Balaban J connectivity index is 1.76. The monoisotopic (exact) mass is 354 g/mol. The average Bonchev–Trinajstić information content (AvgIpc) is 2.53. The van der Waals surface area contributed by atoms with E-state index in [1.165, 1.54) is 32.5 Å². The summed E-state index contributed by atoms with van der Waals surface area (Å²) in [6, 6.07) is 8.64. The zero-order valence-electron chi connectivity index (χ0n) is 13.1. The van der Waals surface area contributed by atoms with Crippen molar-refractivity contribution in [3.63, 3.8) is 0 Å². The first-order chi connectivity index (χ1) is 10.1. The lowest BCUT2D eigenvalue weighted by molar-refractivity contribution is 0.104. The number of piperidine rings is 1. The number of aliphatic hydroxyl groups is 1. The Hall–Kier alpha value is -0.420. The molecule has 21 heavy (non-hydrogen) atoms. The molecule has 1 unspecified atom stereocenters. The summed E-state index contributed by atoms with van der Waals surface area (Å²) in [4.78, 5) is 4.94. The molecule has 1 heterocycles. The molecule has 0 spiro atoms. The Labute approximate surface area is 137 Å². The molecule has 1 aliphatic heterocycles. The lowest BCUT2D eigenvalue weighted by Gasteiger charge is -2.36. The first-order valence-electron chi connectivity index (χ1n) is 7.96. The van der Waals surface area contributed by atoms with Gasteiger partial charge in [0, 0.05) is 17.1 Å². The zero-order valence-corrected chi connectivity index (χ0v) is 14.7. The van der Waals surface area contributed by atoms with Crippen molar-refractivity contribution in [2.24, 2.45) is 0 Å². The van der Waals surface area contributed by atoms with Crippen LogP contribution in [0.25, 0.3) is 0 Å². The maximum atomic E-state index is 10.3. The van der Waals surface area contributed by atoms with Crippen LogP contribution < -0.4 is 0 Å². The SMILES string of the molecule is CCN1CCC(N(C)CCC(O)c2ccc(Br)cc2)CC1. The van der Waals surface area contributed by atoms with Crippen LogP contribution in [0.4, 0.5) is 0 Å². The molecule has 0 aliphatic carbocycles. The molecule has 1 aromatic carbocycles. The second-order valence-electron chi connectivity index (χ2n) is 6.00. The second-order valence-corrected chi connectivity index (χ2v) is 6.92. The van der Waals surface area contributed by atoms with Gasteiger partial charge in [-0.15, -0.1) is 0 Å². The maximum Gasteiger partial charge on any atom is 0.0802 e. The molecule has 0 bridgehead atoms. The summed E-state index contributed by atoms with van der Waals surface area (Å²) in [5.41, 5.74) is 1.01. The van der Waals surface area contributed by atoms with Gasteiger partial charge in [0.1, 0.15) is 0 Å². The first kappa shape index (κ1) is 16.9. The smallest absolute Gasteiger partial charge is 0.0802 e. The van der Waals surface area contributed by atoms with E-state index in [2.05, 4.69) is 39.7 Å². The Morgan fingerprint density at radius 3 is 2.48 bits per heavy atom. The van der Waals surface area contributed by atoms with E-state index >= 15 is 0 Å². The number of aliphatic hydroxyl groups excluding tert-OH is 1. The predicted octanol–water partition coefficient (Wildman–Crippen LogP) is 3.29. The largest absolute Gasteiger partial charge is 0.388 e. The van der Waals surface area contributed by atoms with E-state index in [4.69, 9.17) is 0 Å². The van der Waals surface area contributed by atoms with Crippen molar-refractivity contribution in [1.29, 1.82) is 0 Å². The van der Waals surface area contributed by atoms with E-state index in [0.717, 1.165) is 23.0 Å². The van der Waals surface area contributed by atoms with Crippen LogP contribution in [-0.2, 0) is 0 Å². The lowest BCUT2D eigenvalue weighted by Crippen LogP contribution is -2.43. The average molecular weight is 355 g/mol. The Bertz CT molecular complexity index is 415. The number of hydrogen-bond donors (Lipinski definition) is 1. The van der Waals surface area contributed by atoms with Gasteiger partial charge in [-0.25, -0.2) is 0 Å². The molecule has 0 amide bonds. The van der Waals surface area contributed by atoms with E-state index in [9.17, 15) is 5.11 Å². The summed E-state index contributed by atoms with van der Waals surface area (Å²) in [5, 5.41) is 10.3. The summed E-state index contributed by atoms with van der Waals surface area (Å²) < 4.78 is 1.05. The number of halogens is 1. The minimum absolute atomic E-state index is 0.365. The molecule has 4 heteroatoms. The molecule has 118 valence electrons. The van der Waals surface area contributed by atoms with Crippen LogP contribution >= 0.6 is 15.9 Å². The second kappa shape index (κ2) is 8.28. The predicted molar refractivity (Wildman–Crippen MR) is 91.5 cm³/mol. The minimum atomic E-state index is -0.365. The quantitative estimate of drug-likeness (QED) is 0.848. The van der Waals surface area contributed by atoms with Gasteiger partial charge in [-0.2, -0.15) is 0 Å². The molecule has 2 rings (SSSR count). The highest BCUT2D eigenvalue weighted by Gasteiger charge is 2.21. The highest BCUT2D eigenvalue weighted by molar-refractivity contribution is 9.10. The molecule has 0 aromatic heterocycles. The van der Waals surface area contributed by atoms with E-state index in [-0.39, 0.29) is 6.10 Å². The fourth-order valence-corrected chi connectivity index (χ4v) is 3.30. The van der Waals surface area contributed by atoms with Crippen molar-refractivity contribution < 1.29 is 5.11 Å². The molecular weight excluding hydrogens is 328 g/mol. The maximum absolute atomic E-state index is 10.3. The highest BCUT2D eigenvalue weighted by atomic mass is 79.9. The third kappa shape index (κ3) is 5.06. The van der Waals surface area contributed by atoms with Crippen molar-refractivity contribution >= 4 is 15.9 Å². The van der Waals surface area contributed by atoms with E-state index < -0.39 is 0 Å². The Morgan fingerprint density at radius 1 is 1.29 bits per heavy atom. The Morgan fingerprint density at radius 2 is 1.90 bits per heavy atom. The van der Waals surface area contributed by atoms with Gasteiger partial charge in [0.25, 0.3) is 0 Å². The number of nitrogens with zero attached hydrogens (tertiary/aromatic N) is 2. The summed E-state index contributed by atoms with van der Waals surface area (Å²) >= 11 is 3.43. The molecule has 1 fully saturated rings. The van der Waals surface area contributed by atoms with Crippen LogP contribution in [0.15, 0.2) is 28.7 Å². The van der Waals surface area contributed by atoms with Gasteiger partial charge in [0.15, 0.2) is 0 Å². The molecule has 0 radical (unpaired) electrons. The normalized spacial score (nSPS) is 19.1. The molecule has 1 aliphatic rings. The van der Waals surface area contributed by atoms with Crippen molar-refractivity contribution in [2.45, 2.75) is 38.3 Å². The van der Waals surface area contributed by atoms with E-state index in [1.54, 1.807) is 0 Å². The van der Waals surface area contributed by atoms with Crippen LogP contribution in [-0.4, -0.2) is 54.2 Å². The summed E-state index contributed by atoms with van der Waals surface area (Å²) in [6.07, 6.45) is 2.93. The fraction of sp³-hybridized carbons (Fsp3) is 0.647.